The second kappa shape index (κ2) is 6.12. The molecule has 7 heteroatoms. The molecule has 0 aliphatic rings. The third kappa shape index (κ3) is 4.29. The molecule has 0 aliphatic carbocycles. The lowest BCUT2D eigenvalue weighted by atomic mass is 9.87. The van der Waals surface area contributed by atoms with Gasteiger partial charge in [0.25, 0.3) is 10.0 Å². The van der Waals surface area contributed by atoms with Gasteiger partial charge in [0.2, 0.25) is 0 Å². The Labute approximate surface area is 139 Å². The molecular formula is C17H18F3NO2S. The lowest BCUT2D eigenvalue weighted by Gasteiger charge is -2.19. The molecule has 24 heavy (non-hydrogen) atoms. The molecule has 1 N–H and O–H groups in total. The van der Waals surface area contributed by atoms with Crippen molar-refractivity contribution in [2.45, 2.75) is 37.3 Å². The van der Waals surface area contributed by atoms with Crippen molar-refractivity contribution in [2.75, 3.05) is 4.72 Å². The van der Waals surface area contributed by atoms with Crippen LogP contribution in [-0.2, 0) is 21.6 Å². The molecule has 0 amide bonds. The normalized spacial score (nSPS) is 12.9. The van der Waals surface area contributed by atoms with Gasteiger partial charge in [0.15, 0.2) is 0 Å². The summed E-state index contributed by atoms with van der Waals surface area (Å²) >= 11 is 0. The van der Waals surface area contributed by atoms with Gasteiger partial charge in [-0.1, -0.05) is 32.9 Å². The van der Waals surface area contributed by atoms with Crippen molar-refractivity contribution >= 4 is 15.7 Å². The van der Waals surface area contributed by atoms with E-state index in [0.29, 0.717) is 0 Å². The van der Waals surface area contributed by atoms with Crippen molar-refractivity contribution in [3.63, 3.8) is 0 Å². The molecule has 2 aromatic rings. The van der Waals surface area contributed by atoms with Gasteiger partial charge in [-0.2, -0.15) is 13.2 Å². The largest absolute Gasteiger partial charge is 0.416 e. The zero-order valence-electron chi connectivity index (χ0n) is 13.5. The molecule has 0 aliphatic heterocycles. The quantitative estimate of drug-likeness (QED) is 0.857. The molecule has 0 saturated carbocycles. The van der Waals surface area contributed by atoms with Crippen molar-refractivity contribution in [1.29, 1.82) is 0 Å². The molecule has 0 heterocycles. The van der Waals surface area contributed by atoms with Crippen molar-refractivity contribution in [2.24, 2.45) is 0 Å². The minimum atomic E-state index is -4.46. The SMILES string of the molecule is CC(C)(C)c1ccc(S(=O)(=O)Nc2ccc(C(F)(F)F)cc2)cc1. The number of halogens is 3. The van der Waals surface area contributed by atoms with E-state index in [-0.39, 0.29) is 16.0 Å². The zero-order valence-corrected chi connectivity index (χ0v) is 14.3. The number of nitrogens with one attached hydrogen (secondary N) is 1. The Hall–Kier alpha value is -2.02. The summed E-state index contributed by atoms with van der Waals surface area (Å²) < 4.78 is 64.5. The maximum absolute atomic E-state index is 12.5. The number of hydrogen-bond donors (Lipinski definition) is 1. The van der Waals surface area contributed by atoms with E-state index in [4.69, 9.17) is 0 Å². The summed E-state index contributed by atoms with van der Waals surface area (Å²) in [6.45, 7) is 6.03. The molecule has 2 aromatic carbocycles. The number of alkyl halides is 3. The van der Waals surface area contributed by atoms with Crippen LogP contribution in [-0.4, -0.2) is 8.42 Å². The highest BCUT2D eigenvalue weighted by molar-refractivity contribution is 7.92. The Bertz CT molecular complexity index is 803. The first-order valence-corrected chi connectivity index (χ1v) is 8.68. The van der Waals surface area contributed by atoms with E-state index in [0.717, 1.165) is 29.8 Å². The molecule has 0 aromatic heterocycles. The van der Waals surface area contributed by atoms with Crippen LogP contribution in [0.5, 0.6) is 0 Å². The summed E-state index contributed by atoms with van der Waals surface area (Å²) in [6, 6.07) is 10.2. The van der Waals surface area contributed by atoms with Gasteiger partial charge < -0.3 is 0 Å². The Kier molecular flexibility index (Phi) is 4.68. The van der Waals surface area contributed by atoms with Gasteiger partial charge in [-0.05, 0) is 47.4 Å². The van der Waals surface area contributed by atoms with Crippen LogP contribution in [0, 0.1) is 0 Å². The first-order chi connectivity index (χ1) is 10.9. The summed E-state index contributed by atoms with van der Waals surface area (Å²) in [5.74, 6) is 0. The van der Waals surface area contributed by atoms with Crippen LogP contribution >= 0.6 is 0 Å². The molecule has 0 atom stereocenters. The van der Waals surface area contributed by atoms with Crippen LogP contribution in [0.4, 0.5) is 18.9 Å². The van der Waals surface area contributed by atoms with Crippen molar-refractivity contribution in [1.82, 2.24) is 0 Å². The van der Waals surface area contributed by atoms with Gasteiger partial charge >= 0.3 is 6.18 Å². The summed E-state index contributed by atoms with van der Waals surface area (Å²) in [5, 5.41) is 0. The summed E-state index contributed by atoms with van der Waals surface area (Å²) in [5.41, 5.74) is 0.113. The molecule has 0 saturated heterocycles. The van der Waals surface area contributed by atoms with E-state index in [1.165, 1.54) is 12.1 Å². The average Bonchev–Trinajstić information content (AvgIpc) is 2.46. The average molecular weight is 357 g/mol. The Morgan fingerprint density at radius 2 is 1.25 bits per heavy atom. The van der Waals surface area contributed by atoms with Gasteiger partial charge in [0.05, 0.1) is 10.5 Å². The smallest absolute Gasteiger partial charge is 0.280 e. The molecule has 2 rings (SSSR count). The van der Waals surface area contributed by atoms with E-state index in [1.807, 2.05) is 20.8 Å². The second-order valence-corrected chi connectivity index (χ2v) is 8.14. The number of hydrogen-bond acceptors (Lipinski definition) is 2. The number of anilines is 1. The predicted octanol–water partition coefficient (Wildman–Crippen LogP) is 4.80. The monoisotopic (exact) mass is 357 g/mol. The standard InChI is InChI=1S/C17H18F3NO2S/c1-16(2,3)12-6-10-15(11-7-12)24(22,23)21-14-8-4-13(5-9-14)17(18,19)20/h4-11,21H,1-3H3. The lowest BCUT2D eigenvalue weighted by Crippen LogP contribution is -2.15. The molecule has 130 valence electrons. The van der Waals surface area contributed by atoms with Gasteiger partial charge in [0, 0.05) is 5.69 Å². The van der Waals surface area contributed by atoms with E-state index in [2.05, 4.69) is 4.72 Å². The minimum absolute atomic E-state index is 0.0513. The fourth-order valence-electron chi connectivity index (χ4n) is 2.08. The van der Waals surface area contributed by atoms with Gasteiger partial charge in [-0.3, -0.25) is 4.72 Å². The van der Waals surface area contributed by atoms with Crippen LogP contribution in [0.15, 0.2) is 53.4 Å². The van der Waals surface area contributed by atoms with Crippen LogP contribution in [0.2, 0.25) is 0 Å². The summed E-state index contributed by atoms with van der Waals surface area (Å²) in [6.07, 6.45) is -4.46. The van der Waals surface area contributed by atoms with Crippen molar-refractivity contribution in [3.8, 4) is 0 Å². The first-order valence-electron chi connectivity index (χ1n) is 7.20. The van der Waals surface area contributed by atoms with Gasteiger partial charge in [-0.15, -0.1) is 0 Å². The number of rotatable bonds is 3. The minimum Gasteiger partial charge on any atom is -0.280 e. The maximum Gasteiger partial charge on any atom is 0.416 e. The van der Waals surface area contributed by atoms with Gasteiger partial charge in [-0.25, -0.2) is 8.42 Å². The van der Waals surface area contributed by atoms with Crippen LogP contribution < -0.4 is 4.72 Å². The van der Waals surface area contributed by atoms with Crippen LogP contribution in [0.1, 0.15) is 31.9 Å². The maximum atomic E-state index is 12.5. The lowest BCUT2D eigenvalue weighted by molar-refractivity contribution is -0.137. The zero-order chi connectivity index (χ0) is 18.2. The van der Waals surface area contributed by atoms with E-state index < -0.39 is 21.8 Å². The molecular weight excluding hydrogens is 339 g/mol. The third-order valence-corrected chi connectivity index (χ3v) is 4.89. The van der Waals surface area contributed by atoms with Crippen LogP contribution in [0.3, 0.4) is 0 Å². The number of sulfonamides is 1. The Morgan fingerprint density at radius 1 is 0.792 bits per heavy atom. The van der Waals surface area contributed by atoms with E-state index >= 15 is 0 Å². The van der Waals surface area contributed by atoms with E-state index in [1.54, 1.807) is 12.1 Å². The molecule has 0 unspecified atom stereocenters. The molecule has 0 spiro atoms. The summed E-state index contributed by atoms with van der Waals surface area (Å²) in [7, 11) is -3.86. The predicted molar refractivity (Wildman–Crippen MR) is 87.4 cm³/mol. The van der Waals surface area contributed by atoms with Crippen molar-refractivity contribution in [3.05, 3.63) is 59.7 Å². The van der Waals surface area contributed by atoms with Crippen molar-refractivity contribution < 1.29 is 21.6 Å². The summed E-state index contributed by atoms with van der Waals surface area (Å²) in [4.78, 5) is 0.0513. The number of benzene rings is 2. The van der Waals surface area contributed by atoms with Crippen LogP contribution in [0.25, 0.3) is 0 Å². The highest BCUT2D eigenvalue weighted by Crippen LogP contribution is 2.30. The second-order valence-electron chi connectivity index (χ2n) is 6.45. The van der Waals surface area contributed by atoms with E-state index in [9.17, 15) is 21.6 Å². The molecule has 3 nitrogen and oxygen atoms in total. The topological polar surface area (TPSA) is 46.2 Å². The molecule has 0 bridgehead atoms. The first kappa shape index (κ1) is 18.3. The third-order valence-electron chi connectivity index (χ3n) is 3.50. The fraction of sp³-hybridized carbons (Fsp3) is 0.294. The fourth-order valence-corrected chi connectivity index (χ4v) is 3.13. The van der Waals surface area contributed by atoms with Gasteiger partial charge in [0.1, 0.15) is 0 Å². The molecule has 0 radical (unpaired) electrons. The molecule has 0 fully saturated rings. The Balaban J connectivity index is 2.22. The highest BCUT2D eigenvalue weighted by Gasteiger charge is 2.30. The highest BCUT2D eigenvalue weighted by atomic mass is 32.2. The Morgan fingerprint density at radius 3 is 1.67 bits per heavy atom.